The summed E-state index contributed by atoms with van der Waals surface area (Å²) in [5.74, 6) is 0.482. The summed E-state index contributed by atoms with van der Waals surface area (Å²) in [6.07, 6.45) is 12.8. The Balaban J connectivity index is 1.19. The van der Waals surface area contributed by atoms with Crippen molar-refractivity contribution in [3.63, 3.8) is 0 Å². The van der Waals surface area contributed by atoms with E-state index in [-0.39, 0.29) is 0 Å². The molecule has 1 heteroatoms. The minimum absolute atomic E-state index is 0.482. The van der Waals surface area contributed by atoms with Crippen LogP contribution < -0.4 is 4.90 Å². The normalized spacial score (nSPS) is 17.0. The van der Waals surface area contributed by atoms with Gasteiger partial charge in [-0.25, -0.2) is 0 Å². The molecular weight excluding hydrogens is 639 g/mol. The van der Waals surface area contributed by atoms with Crippen LogP contribution >= 0.6 is 0 Å². The molecule has 1 nitrogen and oxygen atoms in total. The summed E-state index contributed by atoms with van der Waals surface area (Å²) in [5.41, 5.74) is 18.7. The molecule has 0 heterocycles. The fourth-order valence-corrected chi connectivity index (χ4v) is 9.43. The van der Waals surface area contributed by atoms with Crippen LogP contribution in [0.4, 0.5) is 17.1 Å². The molecule has 53 heavy (non-hydrogen) atoms. The van der Waals surface area contributed by atoms with Crippen LogP contribution in [0.2, 0.25) is 0 Å². The van der Waals surface area contributed by atoms with Crippen molar-refractivity contribution in [1.29, 1.82) is 0 Å². The van der Waals surface area contributed by atoms with Gasteiger partial charge in [-0.2, -0.15) is 0 Å². The summed E-state index contributed by atoms with van der Waals surface area (Å²) >= 11 is 0. The van der Waals surface area contributed by atoms with Crippen LogP contribution in [0.15, 0.2) is 193 Å². The zero-order valence-corrected chi connectivity index (χ0v) is 29.5. The van der Waals surface area contributed by atoms with Crippen molar-refractivity contribution < 1.29 is 0 Å². The molecule has 7 aromatic rings. The van der Waals surface area contributed by atoms with E-state index in [1.807, 2.05) is 0 Å². The molecule has 0 saturated heterocycles. The van der Waals surface area contributed by atoms with Gasteiger partial charge in [0.25, 0.3) is 0 Å². The number of rotatable bonds is 5. The highest BCUT2D eigenvalue weighted by Gasteiger charge is 2.40. The average Bonchev–Trinajstić information content (AvgIpc) is 3.71. The molecule has 4 aliphatic rings. The van der Waals surface area contributed by atoms with Crippen molar-refractivity contribution in [3.8, 4) is 0 Å². The lowest BCUT2D eigenvalue weighted by Gasteiger charge is -2.28. The Morgan fingerprint density at radius 3 is 1.47 bits per heavy atom. The summed E-state index contributed by atoms with van der Waals surface area (Å²) in [4.78, 5) is 2.34. The second-order valence-corrected chi connectivity index (χ2v) is 14.7. The van der Waals surface area contributed by atoms with Gasteiger partial charge in [0.1, 0.15) is 0 Å². The monoisotopic (exact) mass is 675 g/mol. The second kappa shape index (κ2) is 12.1. The van der Waals surface area contributed by atoms with Crippen LogP contribution in [0.5, 0.6) is 0 Å². The van der Waals surface area contributed by atoms with Crippen molar-refractivity contribution >= 4 is 60.9 Å². The maximum atomic E-state index is 2.48. The van der Waals surface area contributed by atoms with Gasteiger partial charge in [0, 0.05) is 23.0 Å². The van der Waals surface area contributed by atoms with Crippen LogP contribution in [0.25, 0.3) is 43.8 Å². The number of para-hydroxylation sites is 2. The molecule has 0 amide bonds. The van der Waals surface area contributed by atoms with Crippen molar-refractivity contribution in [3.05, 3.63) is 221 Å². The van der Waals surface area contributed by atoms with Gasteiger partial charge in [0.15, 0.2) is 0 Å². The molecule has 0 bridgehead atoms. The van der Waals surface area contributed by atoms with E-state index in [9.17, 15) is 0 Å². The second-order valence-electron chi connectivity index (χ2n) is 14.7. The summed E-state index contributed by atoms with van der Waals surface area (Å²) in [6, 6.07) is 58.3. The lowest BCUT2D eigenvalue weighted by atomic mass is 9.76. The van der Waals surface area contributed by atoms with Gasteiger partial charge < -0.3 is 4.90 Å². The molecule has 1 unspecified atom stereocenters. The summed E-state index contributed by atoms with van der Waals surface area (Å²) in [7, 11) is 0. The van der Waals surface area contributed by atoms with E-state index < -0.39 is 0 Å². The maximum Gasteiger partial charge on any atom is 0.0462 e. The fraction of sp³-hybridized carbons (Fsp3) is 0.0769. The van der Waals surface area contributed by atoms with E-state index in [2.05, 4.69) is 187 Å². The van der Waals surface area contributed by atoms with Gasteiger partial charge in [-0.15, -0.1) is 0 Å². The van der Waals surface area contributed by atoms with Gasteiger partial charge in [0.05, 0.1) is 0 Å². The lowest BCUT2D eigenvalue weighted by Crippen LogP contribution is -2.12. The van der Waals surface area contributed by atoms with E-state index in [1.165, 1.54) is 95.6 Å². The first-order valence-corrected chi connectivity index (χ1v) is 19.0. The topological polar surface area (TPSA) is 3.24 Å². The third-order valence-electron chi connectivity index (χ3n) is 11.8. The molecule has 4 aliphatic carbocycles. The number of anilines is 3. The third kappa shape index (κ3) is 4.77. The molecule has 11 rings (SSSR count). The molecule has 0 fully saturated rings. The Morgan fingerprint density at radius 1 is 0.434 bits per heavy atom. The predicted octanol–water partition coefficient (Wildman–Crippen LogP) is 13.9. The van der Waals surface area contributed by atoms with Crippen molar-refractivity contribution in [2.24, 2.45) is 5.92 Å². The summed E-state index contributed by atoms with van der Waals surface area (Å²) in [5, 5.41) is 5.15. The lowest BCUT2D eigenvalue weighted by molar-refractivity contribution is 0.595. The average molecular weight is 676 g/mol. The van der Waals surface area contributed by atoms with E-state index in [4.69, 9.17) is 0 Å². The van der Waals surface area contributed by atoms with Crippen molar-refractivity contribution in [2.45, 2.75) is 19.3 Å². The quantitative estimate of drug-likeness (QED) is 0.176. The van der Waals surface area contributed by atoms with Gasteiger partial charge in [0.2, 0.25) is 0 Å². The zero-order valence-electron chi connectivity index (χ0n) is 29.5. The fourth-order valence-electron chi connectivity index (χ4n) is 9.43. The highest BCUT2D eigenvalue weighted by Crippen LogP contribution is 2.61. The molecule has 0 aliphatic heterocycles. The van der Waals surface area contributed by atoms with Crippen LogP contribution in [-0.4, -0.2) is 0 Å². The first-order chi connectivity index (χ1) is 26.3. The molecule has 0 N–H and O–H groups in total. The molecule has 0 radical (unpaired) electrons. The number of benzene rings is 7. The Labute approximate surface area is 310 Å². The SMILES string of the molecule is C1=CC2=C(C3=C4C(=C(c5ccc(N(c6ccccc6)c6ccccc6)cc5)c5cc6ccccc6cc54)c4cc5ccccc5cc43)CCCC2C=C1. The molecule has 0 aromatic heterocycles. The third-order valence-corrected chi connectivity index (χ3v) is 11.8. The number of allylic oxidation sites excluding steroid dienone is 9. The molecule has 0 saturated carbocycles. The van der Waals surface area contributed by atoms with Crippen LogP contribution in [0.1, 0.15) is 47.1 Å². The van der Waals surface area contributed by atoms with Crippen LogP contribution in [0.3, 0.4) is 0 Å². The van der Waals surface area contributed by atoms with Crippen molar-refractivity contribution in [1.82, 2.24) is 0 Å². The van der Waals surface area contributed by atoms with E-state index >= 15 is 0 Å². The summed E-state index contributed by atoms with van der Waals surface area (Å²) in [6.45, 7) is 0. The molecule has 0 spiro atoms. The van der Waals surface area contributed by atoms with E-state index in [0.717, 1.165) is 23.5 Å². The smallest absolute Gasteiger partial charge is 0.0462 e. The van der Waals surface area contributed by atoms with Gasteiger partial charge in [-0.1, -0.05) is 121 Å². The number of hydrogen-bond acceptors (Lipinski definition) is 1. The predicted molar refractivity (Wildman–Crippen MR) is 224 cm³/mol. The first-order valence-electron chi connectivity index (χ1n) is 19.0. The molecule has 1 atom stereocenters. The van der Waals surface area contributed by atoms with E-state index in [1.54, 1.807) is 0 Å². The standard InChI is InChI=1S/C52H37N/c1-3-20-40(21-4-1)53(41-22-5-2-6-23-41)42-28-26-35(27-29-42)49-45-30-36-15-7-9-17-38(36)32-47(45)52-50(44-25-13-19-34-14-11-12-24-43(34)44)46-31-37-16-8-10-18-39(37)33-48(46)51(49)52/h1-12,14-18,20-24,26-34H,13,19,25H2. The Bertz CT molecular complexity index is 2730. The molecule has 7 aromatic carbocycles. The number of nitrogens with zero attached hydrogens (tertiary/aromatic N) is 1. The highest BCUT2D eigenvalue weighted by atomic mass is 15.1. The van der Waals surface area contributed by atoms with Gasteiger partial charge >= 0.3 is 0 Å². The van der Waals surface area contributed by atoms with E-state index in [0.29, 0.717) is 5.92 Å². The van der Waals surface area contributed by atoms with Gasteiger partial charge in [-0.3, -0.25) is 0 Å². The number of hydrogen-bond donors (Lipinski definition) is 0. The minimum atomic E-state index is 0.482. The number of fused-ring (bicyclic) bond motifs is 8. The van der Waals surface area contributed by atoms with Crippen LogP contribution in [-0.2, 0) is 0 Å². The Hall–Kier alpha value is -6.44. The van der Waals surface area contributed by atoms with Crippen molar-refractivity contribution in [2.75, 3.05) is 4.90 Å². The Kier molecular flexibility index (Phi) is 6.88. The molecule has 250 valence electrons. The van der Waals surface area contributed by atoms with Gasteiger partial charge in [-0.05, 0) is 163 Å². The summed E-state index contributed by atoms with van der Waals surface area (Å²) < 4.78 is 0. The van der Waals surface area contributed by atoms with Crippen LogP contribution in [0, 0.1) is 5.92 Å². The largest absolute Gasteiger partial charge is 0.311 e. The Morgan fingerprint density at radius 2 is 0.906 bits per heavy atom. The first kappa shape index (κ1) is 30.2. The molecular formula is C52H37N. The maximum absolute atomic E-state index is 2.48. The highest BCUT2D eigenvalue weighted by molar-refractivity contribution is 6.36. The minimum Gasteiger partial charge on any atom is -0.311 e. The zero-order chi connectivity index (χ0) is 34.9.